The molecule has 1 atom stereocenters. The summed E-state index contributed by atoms with van der Waals surface area (Å²) in [5.41, 5.74) is 4.11. The second kappa shape index (κ2) is 11.1. The lowest BCUT2D eigenvalue weighted by Crippen LogP contribution is -2.16. The van der Waals surface area contributed by atoms with Crippen LogP contribution < -0.4 is 10.6 Å². The van der Waals surface area contributed by atoms with Crippen LogP contribution >= 0.6 is 0 Å². The molecule has 0 fully saturated rings. The molecular formula is C27H30F2N4O3. The van der Waals surface area contributed by atoms with Crippen LogP contribution in [0.5, 0.6) is 0 Å². The summed E-state index contributed by atoms with van der Waals surface area (Å²) in [4.78, 5) is 20.8. The van der Waals surface area contributed by atoms with Crippen molar-refractivity contribution in [2.45, 2.75) is 45.1 Å². The number of alkyl halides is 2. The van der Waals surface area contributed by atoms with Crippen LogP contribution in [0.15, 0.2) is 48.8 Å². The van der Waals surface area contributed by atoms with Crippen molar-refractivity contribution in [1.29, 1.82) is 0 Å². The molecule has 1 aliphatic rings. The van der Waals surface area contributed by atoms with Gasteiger partial charge in [-0.2, -0.15) is 8.78 Å². The summed E-state index contributed by atoms with van der Waals surface area (Å²) in [6, 6.07) is 10.1. The number of aliphatic hydroxyl groups is 1. The minimum atomic E-state index is -3.15. The number of nitrogens with one attached hydrogen (secondary N) is 2. The maximum Gasteiger partial charge on any atom is 0.286 e. The first-order valence-corrected chi connectivity index (χ1v) is 12.0. The third kappa shape index (κ3) is 6.22. The van der Waals surface area contributed by atoms with Crippen molar-refractivity contribution >= 4 is 17.3 Å². The molecule has 0 saturated carbocycles. The number of rotatable bonds is 4. The van der Waals surface area contributed by atoms with Gasteiger partial charge in [-0.05, 0) is 56.0 Å². The van der Waals surface area contributed by atoms with E-state index in [1.807, 2.05) is 25.1 Å². The van der Waals surface area contributed by atoms with Crippen molar-refractivity contribution < 1.29 is 23.4 Å². The van der Waals surface area contributed by atoms with Crippen molar-refractivity contribution in [3.8, 4) is 11.1 Å². The summed E-state index contributed by atoms with van der Waals surface area (Å²) in [6.45, 7) is 4.47. The fourth-order valence-corrected chi connectivity index (χ4v) is 4.13. The molecule has 2 aromatic heterocycles. The van der Waals surface area contributed by atoms with Gasteiger partial charge in [0.25, 0.3) is 11.8 Å². The first kappa shape index (κ1) is 25.7. The highest BCUT2D eigenvalue weighted by Gasteiger charge is 2.27. The number of nitrogens with zero attached hydrogens (tertiary/aromatic N) is 2. The van der Waals surface area contributed by atoms with Crippen molar-refractivity contribution in [3.05, 3.63) is 71.3 Å². The lowest BCUT2D eigenvalue weighted by Gasteiger charge is -2.18. The molecular weight excluding hydrogens is 466 g/mol. The summed E-state index contributed by atoms with van der Waals surface area (Å²) in [5, 5.41) is 16.8. The molecule has 0 saturated heterocycles. The first-order valence-electron chi connectivity index (χ1n) is 12.0. The molecule has 0 aliphatic carbocycles. The van der Waals surface area contributed by atoms with Gasteiger partial charge in [0.1, 0.15) is 5.69 Å². The maximum absolute atomic E-state index is 13.6. The Hall–Kier alpha value is -3.43. The molecule has 3 aromatic rings. The Morgan fingerprint density at radius 3 is 2.81 bits per heavy atom. The van der Waals surface area contributed by atoms with E-state index in [0.29, 0.717) is 31.9 Å². The lowest BCUT2D eigenvalue weighted by molar-refractivity contribution is 0.0127. The van der Waals surface area contributed by atoms with Gasteiger partial charge < -0.3 is 20.5 Å². The van der Waals surface area contributed by atoms with Crippen LogP contribution in [-0.2, 0) is 10.7 Å². The number of amides is 1. The Kier molecular flexibility index (Phi) is 7.91. The van der Waals surface area contributed by atoms with E-state index >= 15 is 0 Å². The Bertz CT molecular complexity index is 1230. The predicted octanol–water partition coefficient (Wildman–Crippen LogP) is 5.46. The minimum absolute atomic E-state index is 0.0769. The van der Waals surface area contributed by atoms with Crippen LogP contribution in [0, 0.1) is 6.92 Å². The van der Waals surface area contributed by atoms with Gasteiger partial charge in [-0.1, -0.05) is 12.1 Å². The number of aryl methyl sites for hydroxylation is 1. The molecule has 9 heteroatoms. The van der Waals surface area contributed by atoms with Gasteiger partial charge in [-0.25, -0.2) is 0 Å². The van der Waals surface area contributed by atoms with E-state index in [1.165, 1.54) is 18.5 Å². The molecule has 190 valence electrons. The number of benzene rings is 1. The van der Waals surface area contributed by atoms with E-state index in [-0.39, 0.29) is 5.56 Å². The molecule has 0 bridgehead atoms. The standard InChI is InChI=1S/C27H30F2N4O3/c1-17-22(18-6-7-21-23(13-18)30-10-12-36-11-4-3-5-24(21)34)15-20(16-32-17)33-26(35)19-8-9-31-25(14-19)27(2,28)29/h6-9,13-16,24,30,34H,3-5,10-12H2,1-2H3,(H,33,35)/t24-/m0/s1. The Labute approximate surface area is 208 Å². The second-order valence-corrected chi connectivity index (χ2v) is 8.98. The third-order valence-corrected chi connectivity index (χ3v) is 6.12. The number of hydrogen-bond donors (Lipinski definition) is 3. The van der Waals surface area contributed by atoms with E-state index in [4.69, 9.17) is 4.74 Å². The Morgan fingerprint density at radius 2 is 2.00 bits per heavy atom. The van der Waals surface area contributed by atoms with Gasteiger partial charge in [0.2, 0.25) is 0 Å². The molecule has 36 heavy (non-hydrogen) atoms. The number of aliphatic hydroxyl groups excluding tert-OH is 1. The quantitative estimate of drug-likeness (QED) is 0.444. The molecule has 3 N–H and O–H groups in total. The normalized spacial score (nSPS) is 16.9. The molecule has 1 aliphatic heterocycles. The van der Waals surface area contributed by atoms with Gasteiger partial charge in [-0.15, -0.1) is 0 Å². The number of carbonyl (C=O) groups excluding carboxylic acids is 1. The SMILES string of the molecule is Cc1ncc(NC(=O)c2ccnc(C(C)(F)F)c2)cc1-c1ccc2c(c1)NCCOCCCC[C@@H]2O. The smallest absolute Gasteiger partial charge is 0.286 e. The summed E-state index contributed by atoms with van der Waals surface area (Å²) in [7, 11) is 0. The zero-order chi connectivity index (χ0) is 25.7. The number of hydrogen-bond acceptors (Lipinski definition) is 6. The van der Waals surface area contributed by atoms with Crippen LogP contribution in [0.1, 0.15) is 59.6 Å². The maximum atomic E-state index is 13.6. The Balaban J connectivity index is 1.60. The number of pyridine rings is 2. The average Bonchev–Trinajstić information content (AvgIpc) is 2.89. The predicted molar refractivity (Wildman–Crippen MR) is 134 cm³/mol. The first-order chi connectivity index (χ1) is 17.2. The van der Waals surface area contributed by atoms with Crippen LogP contribution in [0.4, 0.5) is 20.2 Å². The van der Waals surface area contributed by atoms with Crippen molar-refractivity contribution in [1.82, 2.24) is 9.97 Å². The number of aromatic nitrogens is 2. The van der Waals surface area contributed by atoms with Gasteiger partial charge in [0, 0.05) is 54.3 Å². The molecule has 0 radical (unpaired) electrons. The number of ether oxygens (including phenoxy) is 1. The van der Waals surface area contributed by atoms with Gasteiger partial charge >= 0.3 is 0 Å². The second-order valence-electron chi connectivity index (χ2n) is 8.98. The zero-order valence-electron chi connectivity index (χ0n) is 20.4. The van der Waals surface area contributed by atoms with Gasteiger partial charge in [0.15, 0.2) is 0 Å². The van der Waals surface area contributed by atoms with Crippen LogP contribution in [0.25, 0.3) is 11.1 Å². The number of carbonyl (C=O) groups is 1. The summed E-state index contributed by atoms with van der Waals surface area (Å²) in [6.07, 6.45) is 4.58. The monoisotopic (exact) mass is 496 g/mol. The topological polar surface area (TPSA) is 96.4 Å². The molecule has 1 aromatic carbocycles. The van der Waals surface area contributed by atoms with Crippen LogP contribution in [0.3, 0.4) is 0 Å². The molecule has 4 rings (SSSR count). The van der Waals surface area contributed by atoms with Crippen LogP contribution in [-0.4, -0.2) is 40.7 Å². The molecule has 1 amide bonds. The molecule has 0 unspecified atom stereocenters. The summed E-state index contributed by atoms with van der Waals surface area (Å²) < 4.78 is 32.9. The van der Waals surface area contributed by atoms with Gasteiger partial charge in [-0.3, -0.25) is 14.8 Å². The summed E-state index contributed by atoms with van der Waals surface area (Å²) in [5.74, 6) is -3.68. The van der Waals surface area contributed by atoms with E-state index in [2.05, 4.69) is 20.6 Å². The molecule has 3 heterocycles. The van der Waals surface area contributed by atoms with Crippen molar-refractivity contribution in [2.24, 2.45) is 0 Å². The average molecular weight is 497 g/mol. The number of anilines is 2. The number of halogens is 2. The fraction of sp³-hybridized carbons (Fsp3) is 0.370. The van der Waals surface area contributed by atoms with E-state index in [1.54, 1.807) is 6.07 Å². The lowest BCUT2D eigenvalue weighted by atomic mass is 9.96. The van der Waals surface area contributed by atoms with Gasteiger partial charge in [0.05, 0.1) is 24.6 Å². The highest BCUT2D eigenvalue weighted by Crippen LogP contribution is 2.33. The zero-order valence-corrected chi connectivity index (χ0v) is 20.4. The molecule has 7 nitrogen and oxygen atoms in total. The molecule has 0 spiro atoms. The third-order valence-electron chi connectivity index (χ3n) is 6.12. The highest BCUT2D eigenvalue weighted by molar-refractivity contribution is 6.04. The largest absolute Gasteiger partial charge is 0.388 e. The highest BCUT2D eigenvalue weighted by atomic mass is 19.3. The van der Waals surface area contributed by atoms with Crippen molar-refractivity contribution in [3.63, 3.8) is 0 Å². The van der Waals surface area contributed by atoms with Crippen LogP contribution in [0.2, 0.25) is 0 Å². The Morgan fingerprint density at radius 1 is 1.17 bits per heavy atom. The minimum Gasteiger partial charge on any atom is -0.388 e. The van der Waals surface area contributed by atoms with E-state index in [0.717, 1.165) is 53.9 Å². The van der Waals surface area contributed by atoms with Crippen molar-refractivity contribution in [2.75, 3.05) is 30.4 Å². The fourth-order valence-electron chi connectivity index (χ4n) is 4.13. The van der Waals surface area contributed by atoms with E-state index < -0.39 is 23.6 Å². The summed E-state index contributed by atoms with van der Waals surface area (Å²) >= 11 is 0. The van der Waals surface area contributed by atoms with E-state index in [9.17, 15) is 18.7 Å². The number of fused-ring (bicyclic) bond motifs is 1.